The summed E-state index contributed by atoms with van der Waals surface area (Å²) in [6.45, 7) is 7.89. The summed E-state index contributed by atoms with van der Waals surface area (Å²) in [5.41, 5.74) is 2.52. The highest BCUT2D eigenvalue weighted by Gasteiger charge is 2.30. The molecule has 0 bridgehead atoms. The zero-order chi connectivity index (χ0) is 19.7. The summed E-state index contributed by atoms with van der Waals surface area (Å²) in [6, 6.07) is 3.61. The number of amides is 1. The van der Waals surface area contributed by atoms with Crippen LogP contribution < -0.4 is 9.47 Å². The molecule has 146 valence electrons. The highest BCUT2D eigenvalue weighted by atomic mass is 16.5. The molecule has 1 aliphatic rings. The van der Waals surface area contributed by atoms with Crippen LogP contribution in [0.2, 0.25) is 0 Å². The Morgan fingerprint density at radius 3 is 2.63 bits per heavy atom. The molecule has 0 spiro atoms. The van der Waals surface area contributed by atoms with Gasteiger partial charge in [0, 0.05) is 32.2 Å². The molecule has 1 amide bonds. The van der Waals surface area contributed by atoms with E-state index in [4.69, 9.17) is 18.9 Å². The van der Waals surface area contributed by atoms with Gasteiger partial charge in [-0.3, -0.25) is 9.69 Å². The SMILES string of the molecule is COc1ccc(-c2nc(CN3CCN(C)C(=O)[C@H]3C)c(C)o2)c(OC)c1C. The van der Waals surface area contributed by atoms with Crippen molar-refractivity contribution in [3.8, 4) is 23.0 Å². The lowest BCUT2D eigenvalue weighted by Gasteiger charge is -2.36. The predicted molar refractivity (Wildman–Crippen MR) is 102 cm³/mol. The molecular formula is C20H27N3O4. The molecule has 0 unspecified atom stereocenters. The number of carbonyl (C=O) groups excluding carboxylic acids is 1. The molecule has 0 radical (unpaired) electrons. The van der Waals surface area contributed by atoms with Crippen molar-refractivity contribution in [1.29, 1.82) is 0 Å². The minimum Gasteiger partial charge on any atom is -0.496 e. The quantitative estimate of drug-likeness (QED) is 0.803. The van der Waals surface area contributed by atoms with Crippen molar-refractivity contribution >= 4 is 5.91 Å². The number of ether oxygens (including phenoxy) is 2. The molecule has 7 heteroatoms. The number of piperazine rings is 1. The van der Waals surface area contributed by atoms with Crippen LogP contribution in [0.3, 0.4) is 0 Å². The smallest absolute Gasteiger partial charge is 0.239 e. The van der Waals surface area contributed by atoms with E-state index in [0.29, 0.717) is 18.2 Å². The monoisotopic (exact) mass is 373 g/mol. The fraction of sp³-hybridized carbons (Fsp3) is 0.500. The number of methoxy groups -OCH3 is 2. The van der Waals surface area contributed by atoms with Crippen molar-refractivity contribution in [3.05, 3.63) is 29.2 Å². The Balaban J connectivity index is 1.89. The maximum absolute atomic E-state index is 12.2. The fourth-order valence-corrected chi connectivity index (χ4v) is 3.48. The largest absolute Gasteiger partial charge is 0.496 e. The maximum Gasteiger partial charge on any atom is 0.239 e. The van der Waals surface area contributed by atoms with Crippen LogP contribution in [-0.2, 0) is 11.3 Å². The normalized spacial score (nSPS) is 18.1. The first-order valence-electron chi connectivity index (χ1n) is 9.04. The molecule has 1 aliphatic heterocycles. The number of hydrogen-bond acceptors (Lipinski definition) is 6. The topological polar surface area (TPSA) is 68.0 Å². The van der Waals surface area contributed by atoms with Gasteiger partial charge in [-0.2, -0.15) is 0 Å². The molecule has 1 aromatic heterocycles. The average Bonchev–Trinajstić information content (AvgIpc) is 3.02. The number of oxazole rings is 1. The van der Waals surface area contributed by atoms with E-state index in [2.05, 4.69) is 4.90 Å². The van der Waals surface area contributed by atoms with Crippen LogP contribution in [0.25, 0.3) is 11.5 Å². The van der Waals surface area contributed by atoms with Crippen molar-refractivity contribution in [3.63, 3.8) is 0 Å². The van der Waals surface area contributed by atoms with Crippen LogP contribution in [0.15, 0.2) is 16.5 Å². The summed E-state index contributed by atoms with van der Waals surface area (Å²) in [7, 11) is 5.10. The molecular weight excluding hydrogens is 346 g/mol. The third-order valence-electron chi connectivity index (χ3n) is 5.26. The lowest BCUT2D eigenvalue weighted by Crippen LogP contribution is -2.53. The van der Waals surface area contributed by atoms with Crippen molar-refractivity contribution in [2.24, 2.45) is 0 Å². The van der Waals surface area contributed by atoms with Gasteiger partial charge in [0.05, 0.1) is 31.5 Å². The molecule has 2 aromatic rings. The molecule has 0 saturated carbocycles. The summed E-state index contributed by atoms with van der Waals surface area (Å²) >= 11 is 0. The number of aryl methyl sites for hydroxylation is 1. The summed E-state index contributed by atoms with van der Waals surface area (Å²) in [5, 5.41) is 0. The molecule has 0 N–H and O–H groups in total. The van der Waals surface area contributed by atoms with E-state index in [1.165, 1.54) is 0 Å². The second-order valence-corrected chi connectivity index (χ2v) is 6.90. The fourth-order valence-electron chi connectivity index (χ4n) is 3.48. The molecule has 1 atom stereocenters. The highest BCUT2D eigenvalue weighted by Crippen LogP contribution is 2.38. The Bertz CT molecular complexity index is 846. The van der Waals surface area contributed by atoms with Crippen molar-refractivity contribution in [1.82, 2.24) is 14.8 Å². The number of rotatable bonds is 5. The van der Waals surface area contributed by atoms with Gasteiger partial charge < -0.3 is 18.8 Å². The van der Waals surface area contributed by atoms with E-state index in [0.717, 1.165) is 41.4 Å². The molecule has 1 aromatic carbocycles. The number of hydrogen-bond donors (Lipinski definition) is 0. The van der Waals surface area contributed by atoms with Gasteiger partial charge in [-0.05, 0) is 32.9 Å². The molecule has 1 fully saturated rings. The van der Waals surface area contributed by atoms with Crippen LogP contribution in [0.5, 0.6) is 11.5 Å². The van der Waals surface area contributed by atoms with Crippen molar-refractivity contribution in [2.45, 2.75) is 33.4 Å². The Labute approximate surface area is 159 Å². The lowest BCUT2D eigenvalue weighted by molar-refractivity contribution is -0.139. The maximum atomic E-state index is 12.2. The van der Waals surface area contributed by atoms with E-state index in [9.17, 15) is 4.79 Å². The highest BCUT2D eigenvalue weighted by molar-refractivity contribution is 5.82. The van der Waals surface area contributed by atoms with Crippen molar-refractivity contribution < 1.29 is 18.7 Å². The molecule has 2 heterocycles. The van der Waals surface area contributed by atoms with Crippen molar-refractivity contribution in [2.75, 3.05) is 34.4 Å². The number of nitrogens with zero attached hydrogens (tertiary/aromatic N) is 3. The standard InChI is InChI=1S/C20H27N3O4/c1-12-17(25-5)8-7-15(18(12)26-6)19-21-16(14(3)27-19)11-23-10-9-22(4)20(24)13(23)2/h7-8,13H,9-11H2,1-6H3/t13-/m1/s1. The first kappa shape index (κ1) is 19.2. The Morgan fingerprint density at radius 1 is 1.22 bits per heavy atom. The molecule has 7 nitrogen and oxygen atoms in total. The van der Waals surface area contributed by atoms with Gasteiger partial charge in [0.2, 0.25) is 11.8 Å². The summed E-state index contributed by atoms with van der Waals surface area (Å²) in [5.74, 6) is 2.83. The summed E-state index contributed by atoms with van der Waals surface area (Å²) < 4.78 is 16.9. The zero-order valence-electron chi connectivity index (χ0n) is 16.8. The number of benzene rings is 1. The van der Waals surface area contributed by atoms with E-state index in [-0.39, 0.29) is 11.9 Å². The summed E-state index contributed by atoms with van der Waals surface area (Å²) in [6.07, 6.45) is 0. The Kier molecular flexibility index (Phi) is 5.41. The Morgan fingerprint density at radius 2 is 1.96 bits per heavy atom. The van der Waals surface area contributed by atoms with E-state index >= 15 is 0 Å². The average molecular weight is 373 g/mol. The van der Waals surface area contributed by atoms with Gasteiger partial charge in [0.15, 0.2) is 0 Å². The molecule has 27 heavy (non-hydrogen) atoms. The van der Waals surface area contributed by atoms with Crippen LogP contribution in [-0.4, -0.2) is 61.1 Å². The van der Waals surface area contributed by atoms with E-state index in [1.54, 1.807) is 19.1 Å². The first-order chi connectivity index (χ1) is 12.9. The predicted octanol–water partition coefficient (Wildman–Crippen LogP) is 2.64. The van der Waals surface area contributed by atoms with Crippen LogP contribution in [0.1, 0.15) is 23.9 Å². The second-order valence-electron chi connectivity index (χ2n) is 6.90. The van der Waals surface area contributed by atoms with Crippen LogP contribution in [0, 0.1) is 13.8 Å². The Hall–Kier alpha value is -2.54. The molecule has 1 saturated heterocycles. The molecule has 0 aliphatic carbocycles. The first-order valence-corrected chi connectivity index (χ1v) is 9.04. The number of carbonyl (C=O) groups is 1. The second kappa shape index (κ2) is 7.60. The van der Waals surface area contributed by atoms with Gasteiger partial charge in [-0.1, -0.05) is 0 Å². The van der Waals surface area contributed by atoms with Gasteiger partial charge in [0.1, 0.15) is 17.3 Å². The van der Waals surface area contributed by atoms with Gasteiger partial charge in [-0.25, -0.2) is 4.98 Å². The third kappa shape index (κ3) is 3.51. The zero-order valence-corrected chi connectivity index (χ0v) is 16.8. The van der Waals surface area contributed by atoms with E-state index in [1.807, 2.05) is 40.0 Å². The van der Waals surface area contributed by atoms with Gasteiger partial charge >= 0.3 is 0 Å². The minimum absolute atomic E-state index is 0.134. The summed E-state index contributed by atoms with van der Waals surface area (Å²) in [4.78, 5) is 20.8. The van der Waals surface area contributed by atoms with Crippen LogP contribution >= 0.6 is 0 Å². The van der Waals surface area contributed by atoms with Gasteiger partial charge in [0.25, 0.3) is 0 Å². The number of likely N-dealkylation sites (N-methyl/N-ethyl adjacent to an activating group) is 1. The van der Waals surface area contributed by atoms with Crippen LogP contribution in [0.4, 0.5) is 0 Å². The van der Waals surface area contributed by atoms with Gasteiger partial charge in [-0.15, -0.1) is 0 Å². The molecule has 3 rings (SSSR count). The number of aromatic nitrogens is 1. The lowest BCUT2D eigenvalue weighted by atomic mass is 10.1. The third-order valence-corrected chi connectivity index (χ3v) is 5.26. The minimum atomic E-state index is -0.166. The van der Waals surface area contributed by atoms with E-state index < -0.39 is 0 Å².